The van der Waals surface area contributed by atoms with E-state index in [2.05, 4.69) is 21.1 Å². The molecule has 3 heterocycles. The molecule has 0 radical (unpaired) electrons. The van der Waals surface area contributed by atoms with E-state index in [0.29, 0.717) is 5.92 Å². The minimum atomic E-state index is 0.160. The van der Waals surface area contributed by atoms with Crippen LogP contribution in [0.2, 0.25) is 0 Å². The third-order valence-corrected chi connectivity index (χ3v) is 4.30. The second-order valence-electron chi connectivity index (χ2n) is 5.85. The summed E-state index contributed by atoms with van der Waals surface area (Å²) in [5.74, 6) is 1.33. The number of hydrogen-bond donors (Lipinski definition) is 0. The Labute approximate surface area is 130 Å². The molecule has 3 rings (SSSR count). The number of likely N-dealkylation sites (tertiary alicyclic amines) is 1. The highest BCUT2D eigenvalue weighted by Crippen LogP contribution is 2.29. The molecule has 116 valence electrons. The molecule has 1 amide bonds. The number of nitrogens with zero attached hydrogens (tertiary/aromatic N) is 5. The molecule has 0 aromatic carbocycles. The number of carbonyl (C=O) groups is 1. The Hall–Kier alpha value is -2.24. The molecule has 1 aliphatic heterocycles. The molecule has 0 N–H and O–H groups in total. The summed E-state index contributed by atoms with van der Waals surface area (Å²) in [6.45, 7) is 5.18. The Morgan fingerprint density at radius 2 is 2.00 bits per heavy atom. The second kappa shape index (κ2) is 5.87. The second-order valence-corrected chi connectivity index (χ2v) is 5.85. The van der Waals surface area contributed by atoms with Crippen molar-refractivity contribution in [2.24, 2.45) is 7.05 Å². The van der Waals surface area contributed by atoms with E-state index in [-0.39, 0.29) is 5.91 Å². The topological polar surface area (TPSA) is 63.9 Å². The highest BCUT2D eigenvalue weighted by Gasteiger charge is 2.23. The Balaban J connectivity index is 1.85. The van der Waals surface area contributed by atoms with Crippen molar-refractivity contribution in [1.29, 1.82) is 0 Å². The molecular weight excluding hydrogens is 278 g/mol. The van der Waals surface area contributed by atoms with Gasteiger partial charge in [0, 0.05) is 44.9 Å². The largest absolute Gasteiger partial charge is 0.343 e. The van der Waals surface area contributed by atoms with Crippen molar-refractivity contribution in [2.45, 2.75) is 32.6 Å². The normalized spacial score (nSPS) is 16.0. The smallest absolute Gasteiger partial charge is 0.219 e. The Morgan fingerprint density at radius 1 is 1.27 bits per heavy atom. The van der Waals surface area contributed by atoms with Crippen LogP contribution in [0.25, 0.3) is 11.4 Å². The van der Waals surface area contributed by atoms with Crippen LogP contribution in [-0.4, -0.2) is 43.6 Å². The Morgan fingerprint density at radius 3 is 2.59 bits per heavy atom. The van der Waals surface area contributed by atoms with E-state index in [1.807, 2.05) is 29.6 Å². The van der Waals surface area contributed by atoms with E-state index in [4.69, 9.17) is 0 Å². The third kappa shape index (κ3) is 2.86. The monoisotopic (exact) mass is 299 g/mol. The number of amides is 1. The van der Waals surface area contributed by atoms with Crippen LogP contribution in [0.3, 0.4) is 0 Å². The molecule has 0 aliphatic carbocycles. The minimum absolute atomic E-state index is 0.160. The quantitative estimate of drug-likeness (QED) is 0.850. The average Bonchev–Trinajstić information content (AvgIpc) is 2.93. The third-order valence-electron chi connectivity index (χ3n) is 4.30. The number of hydrogen-bond acceptors (Lipinski definition) is 4. The zero-order valence-electron chi connectivity index (χ0n) is 13.3. The van der Waals surface area contributed by atoms with Gasteiger partial charge in [0.05, 0.1) is 11.4 Å². The Bertz CT molecular complexity index is 686. The van der Waals surface area contributed by atoms with Crippen molar-refractivity contribution in [2.75, 3.05) is 13.1 Å². The predicted molar refractivity (Wildman–Crippen MR) is 83.2 cm³/mol. The summed E-state index contributed by atoms with van der Waals surface area (Å²) < 4.78 is 1.82. The van der Waals surface area contributed by atoms with Crippen molar-refractivity contribution in [3.63, 3.8) is 0 Å². The highest BCUT2D eigenvalue weighted by molar-refractivity contribution is 5.73. The molecule has 1 saturated heterocycles. The summed E-state index contributed by atoms with van der Waals surface area (Å²) in [6.07, 6.45) is 3.69. The van der Waals surface area contributed by atoms with Crippen molar-refractivity contribution in [3.05, 3.63) is 29.8 Å². The van der Waals surface area contributed by atoms with Gasteiger partial charge in [-0.3, -0.25) is 9.48 Å². The van der Waals surface area contributed by atoms with Gasteiger partial charge in [-0.1, -0.05) is 0 Å². The fourth-order valence-corrected chi connectivity index (χ4v) is 3.05. The Kier molecular flexibility index (Phi) is 3.92. The fraction of sp³-hybridized carbons (Fsp3) is 0.500. The highest BCUT2D eigenvalue weighted by atomic mass is 16.2. The first-order chi connectivity index (χ1) is 10.5. The molecule has 1 aliphatic rings. The zero-order valence-corrected chi connectivity index (χ0v) is 13.3. The van der Waals surface area contributed by atoms with Crippen LogP contribution in [-0.2, 0) is 11.8 Å². The predicted octanol–water partition coefficient (Wildman–Crippen LogP) is 1.91. The molecule has 0 unspecified atom stereocenters. The van der Waals surface area contributed by atoms with Crippen molar-refractivity contribution in [1.82, 2.24) is 24.6 Å². The lowest BCUT2D eigenvalue weighted by atomic mass is 9.92. The molecule has 0 bridgehead atoms. The molecule has 22 heavy (non-hydrogen) atoms. The van der Waals surface area contributed by atoms with Crippen molar-refractivity contribution < 1.29 is 4.79 Å². The van der Waals surface area contributed by atoms with Crippen LogP contribution in [0, 0.1) is 6.92 Å². The number of piperidine rings is 1. The van der Waals surface area contributed by atoms with Gasteiger partial charge in [0.15, 0.2) is 0 Å². The van der Waals surface area contributed by atoms with E-state index >= 15 is 0 Å². The summed E-state index contributed by atoms with van der Waals surface area (Å²) >= 11 is 0. The van der Waals surface area contributed by atoms with Crippen LogP contribution in [0.5, 0.6) is 0 Å². The lowest BCUT2D eigenvalue weighted by Gasteiger charge is -2.31. The lowest BCUT2D eigenvalue weighted by molar-refractivity contribution is -0.129. The van der Waals surface area contributed by atoms with E-state index in [0.717, 1.165) is 48.8 Å². The van der Waals surface area contributed by atoms with E-state index in [9.17, 15) is 4.79 Å². The van der Waals surface area contributed by atoms with Crippen LogP contribution < -0.4 is 0 Å². The number of aryl methyl sites for hydroxylation is 2. The first kappa shape index (κ1) is 14.7. The minimum Gasteiger partial charge on any atom is -0.343 e. The van der Waals surface area contributed by atoms with E-state index in [1.54, 1.807) is 13.1 Å². The molecule has 0 spiro atoms. The maximum absolute atomic E-state index is 11.4. The van der Waals surface area contributed by atoms with Crippen LogP contribution >= 0.6 is 0 Å². The van der Waals surface area contributed by atoms with Crippen LogP contribution in [0.4, 0.5) is 0 Å². The zero-order chi connectivity index (χ0) is 15.7. The van der Waals surface area contributed by atoms with E-state index in [1.165, 1.54) is 0 Å². The standard InChI is InChI=1S/C16H21N5O/c1-11-18-14(13-5-8-21(9-6-13)12(2)22)10-15(19-11)16-4-7-17-20(16)3/h4,7,10,13H,5-6,8-9H2,1-3H3. The summed E-state index contributed by atoms with van der Waals surface area (Å²) in [6, 6.07) is 4.03. The van der Waals surface area contributed by atoms with Gasteiger partial charge >= 0.3 is 0 Å². The van der Waals surface area contributed by atoms with Gasteiger partial charge in [-0.2, -0.15) is 5.10 Å². The average molecular weight is 299 g/mol. The number of aromatic nitrogens is 4. The summed E-state index contributed by atoms with van der Waals surface area (Å²) in [7, 11) is 1.91. The van der Waals surface area contributed by atoms with Crippen molar-refractivity contribution in [3.8, 4) is 11.4 Å². The summed E-state index contributed by atoms with van der Waals surface area (Å²) in [5, 5.41) is 4.21. The van der Waals surface area contributed by atoms with Gasteiger partial charge in [-0.05, 0) is 31.9 Å². The molecule has 1 fully saturated rings. The van der Waals surface area contributed by atoms with Crippen molar-refractivity contribution >= 4 is 5.91 Å². The maximum atomic E-state index is 11.4. The van der Waals surface area contributed by atoms with E-state index < -0.39 is 0 Å². The van der Waals surface area contributed by atoms with Gasteiger partial charge in [-0.25, -0.2) is 9.97 Å². The first-order valence-corrected chi connectivity index (χ1v) is 7.64. The summed E-state index contributed by atoms with van der Waals surface area (Å²) in [4.78, 5) is 22.5. The van der Waals surface area contributed by atoms with Crippen LogP contribution in [0.1, 0.15) is 37.2 Å². The molecular formula is C16H21N5O. The van der Waals surface area contributed by atoms with Gasteiger partial charge in [0.1, 0.15) is 5.82 Å². The number of rotatable bonds is 2. The molecule has 2 aromatic heterocycles. The lowest BCUT2D eigenvalue weighted by Crippen LogP contribution is -2.36. The van der Waals surface area contributed by atoms with Gasteiger partial charge in [0.25, 0.3) is 0 Å². The first-order valence-electron chi connectivity index (χ1n) is 7.64. The maximum Gasteiger partial charge on any atom is 0.219 e. The number of carbonyl (C=O) groups excluding carboxylic acids is 1. The molecule has 0 saturated carbocycles. The fourth-order valence-electron chi connectivity index (χ4n) is 3.05. The molecule has 2 aromatic rings. The van der Waals surface area contributed by atoms with Gasteiger partial charge in [-0.15, -0.1) is 0 Å². The molecule has 6 nitrogen and oxygen atoms in total. The van der Waals surface area contributed by atoms with Gasteiger partial charge < -0.3 is 4.90 Å². The SMILES string of the molecule is CC(=O)N1CCC(c2cc(-c3ccnn3C)nc(C)n2)CC1. The molecule has 6 heteroatoms. The summed E-state index contributed by atoms with van der Waals surface area (Å²) in [5.41, 5.74) is 2.98. The molecule has 0 atom stereocenters. The van der Waals surface area contributed by atoms with Crippen LogP contribution in [0.15, 0.2) is 18.3 Å². The van der Waals surface area contributed by atoms with Gasteiger partial charge in [0.2, 0.25) is 5.91 Å².